The van der Waals surface area contributed by atoms with Crippen LogP contribution in [0.4, 0.5) is 5.69 Å². The average Bonchev–Trinajstić information content (AvgIpc) is 2.53. The monoisotopic (exact) mass is 309 g/mol. The Morgan fingerprint density at radius 2 is 1.83 bits per heavy atom. The molecule has 0 heterocycles. The van der Waals surface area contributed by atoms with E-state index in [1.54, 1.807) is 14.2 Å². The molecule has 1 N–H and O–H groups in total. The summed E-state index contributed by atoms with van der Waals surface area (Å²) in [6.45, 7) is 3.57. The summed E-state index contributed by atoms with van der Waals surface area (Å²) >= 11 is 0. The van der Waals surface area contributed by atoms with Gasteiger partial charge in [0.15, 0.2) is 11.5 Å². The highest BCUT2D eigenvalue weighted by atomic mass is 16.5. The van der Waals surface area contributed by atoms with E-state index in [4.69, 9.17) is 9.47 Å². The van der Waals surface area contributed by atoms with E-state index in [2.05, 4.69) is 18.3 Å². The molecule has 0 bridgehead atoms. The van der Waals surface area contributed by atoms with Crippen LogP contribution in [0.5, 0.6) is 11.5 Å². The third kappa shape index (κ3) is 2.46. The molecule has 0 aliphatic carbocycles. The Balaban J connectivity index is 2.52. The second-order valence-corrected chi connectivity index (χ2v) is 5.50. The van der Waals surface area contributed by atoms with Crippen molar-refractivity contribution in [2.45, 2.75) is 13.8 Å². The van der Waals surface area contributed by atoms with Gasteiger partial charge in [0, 0.05) is 23.4 Å². The Morgan fingerprint density at radius 3 is 2.48 bits per heavy atom. The summed E-state index contributed by atoms with van der Waals surface area (Å²) in [5, 5.41) is 6.96. The van der Waals surface area contributed by atoms with Crippen molar-refractivity contribution in [3.63, 3.8) is 0 Å². The van der Waals surface area contributed by atoms with Crippen LogP contribution in [0.25, 0.3) is 21.5 Å². The lowest BCUT2D eigenvalue weighted by Gasteiger charge is -2.17. The minimum absolute atomic E-state index is 0.0902. The summed E-state index contributed by atoms with van der Waals surface area (Å²) in [5.41, 5.74) is 1.92. The average molecular weight is 309 g/mol. The van der Waals surface area contributed by atoms with Gasteiger partial charge < -0.3 is 14.8 Å². The van der Waals surface area contributed by atoms with E-state index >= 15 is 0 Å². The molecule has 0 radical (unpaired) electrons. The first kappa shape index (κ1) is 15.2. The summed E-state index contributed by atoms with van der Waals surface area (Å²) in [6.07, 6.45) is 0. The SMILES string of the molecule is COc1ccc2cc(NC(C)=O)c3cccc(C)c3c2c1OC. The Morgan fingerprint density at radius 1 is 1.04 bits per heavy atom. The van der Waals surface area contributed by atoms with Gasteiger partial charge in [-0.25, -0.2) is 0 Å². The predicted molar refractivity (Wildman–Crippen MR) is 93.6 cm³/mol. The van der Waals surface area contributed by atoms with Crippen molar-refractivity contribution in [3.05, 3.63) is 42.0 Å². The highest BCUT2D eigenvalue weighted by molar-refractivity contribution is 6.18. The van der Waals surface area contributed by atoms with Gasteiger partial charge >= 0.3 is 0 Å². The maximum atomic E-state index is 11.5. The molecule has 0 spiro atoms. The number of aryl methyl sites for hydroxylation is 1. The van der Waals surface area contributed by atoms with Gasteiger partial charge in [0.2, 0.25) is 5.91 Å². The number of nitrogens with one attached hydrogen (secondary N) is 1. The smallest absolute Gasteiger partial charge is 0.221 e. The number of anilines is 1. The highest BCUT2D eigenvalue weighted by Gasteiger charge is 2.16. The third-order valence-electron chi connectivity index (χ3n) is 4.00. The molecule has 1 amide bonds. The number of ether oxygens (including phenoxy) is 2. The van der Waals surface area contributed by atoms with E-state index in [9.17, 15) is 4.79 Å². The van der Waals surface area contributed by atoms with Crippen LogP contribution in [-0.2, 0) is 4.79 Å². The molecule has 0 saturated carbocycles. The number of benzene rings is 3. The topological polar surface area (TPSA) is 47.6 Å². The fourth-order valence-electron chi connectivity index (χ4n) is 3.07. The van der Waals surface area contributed by atoms with Crippen LogP contribution in [-0.4, -0.2) is 20.1 Å². The van der Waals surface area contributed by atoms with Gasteiger partial charge in [0.1, 0.15) is 0 Å². The number of carbonyl (C=O) groups excluding carboxylic acids is 1. The summed E-state index contributed by atoms with van der Waals surface area (Å²) in [6, 6.07) is 11.9. The zero-order valence-corrected chi connectivity index (χ0v) is 13.7. The predicted octanol–water partition coefficient (Wildman–Crippen LogP) is 4.28. The van der Waals surface area contributed by atoms with Crippen LogP contribution in [0, 0.1) is 6.92 Å². The molecule has 0 saturated heterocycles. The van der Waals surface area contributed by atoms with Gasteiger partial charge in [0.25, 0.3) is 0 Å². The Hall–Kier alpha value is -2.75. The molecule has 4 heteroatoms. The lowest BCUT2D eigenvalue weighted by Crippen LogP contribution is -2.06. The minimum Gasteiger partial charge on any atom is -0.493 e. The summed E-state index contributed by atoms with van der Waals surface area (Å²) in [5.74, 6) is 1.31. The molecule has 0 fully saturated rings. The maximum absolute atomic E-state index is 11.5. The number of amides is 1. The van der Waals surface area contributed by atoms with Gasteiger partial charge in [-0.1, -0.05) is 24.3 Å². The van der Waals surface area contributed by atoms with Crippen molar-refractivity contribution in [2.24, 2.45) is 0 Å². The summed E-state index contributed by atoms with van der Waals surface area (Å²) in [7, 11) is 3.27. The van der Waals surface area contributed by atoms with Gasteiger partial charge in [0.05, 0.1) is 14.2 Å². The third-order valence-corrected chi connectivity index (χ3v) is 4.00. The van der Waals surface area contributed by atoms with Crippen LogP contribution < -0.4 is 14.8 Å². The molecule has 23 heavy (non-hydrogen) atoms. The lowest BCUT2D eigenvalue weighted by molar-refractivity contribution is -0.114. The fraction of sp³-hybridized carbons (Fsp3) is 0.211. The molecule has 3 aromatic rings. The number of carbonyl (C=O) groups is 1. The van der Waals surface area contributed by atoms with Crippen molar-refractivity contribution < 1.29 is 14.3 Å². The van der Waals surface area contributed by atoms with Crippen LogP contribution in [0.15, 0.2) is 36.4 Å². The van der Waals surface area contributed by atoms with E-state index in [1.165, 1.54) is 6.92 Å². The highest BCUT2D eigenvalue weighted by Crippen LogP contribution is 2.43. The van der Waals surface area contributed by atoms with Crippen molar-refractivity contribution in [1.29, 1.82) is 0 Å². The van der Waals surface area contributed by atoms with Gasteiger partial charge in [-0.2, -0.15) is 0 Å². The Kier molecular flexibility index (Phi) is 3.82. The first-order chi connectivity index (χ1) is 11.1. The number of fused-ring (bicyclic) bond motifs is 3. The number of rotatable bonds is 3. The number of hydrogen-bond acceptors (Lipinski definition) is 3. The van der Waals surface area contributed by atoms with Crippen LogP contribution in [0.2, 0.25) is 0 Å². The Bertz CT molecular complexity index is 916. The van der Waals surface area contributed by atoms with E-state index in [0.29, 0.717) is 11.5 Å². The normalized spacial score (nSPS) is 10.8. The van der Waals surface area contributed by atoms with Gasteiger partial charge in [-0.05, 0) is 35.4 Å². The molecule has 0 unspecified atom stereocenters. The molecule has 0 atom stereocenters. The zero-order valence-electron chi connectivity index (χ0n) is 13.7. The van der Waals surface area contributed by atoms with E-state index in [0.717, 1.165) is 32.8 Å². The molecule has 0 aliphatic rings. The zero-order chi connectivity index (χ0) is 16.6. The standard InChI is InChI=1S/C19H19NO3/c1-11-6-5-7-14-15(20-12(2)21)10-13-8-9-16(22-3)19(23-4)18(13)17(11)14/h5-10H,1-4H3,(H,20,21). The second-order valence-electron chi connectivity index (χ2n) is 5.50. The van der Waals surface area contributed by atoms with Gasteiger partial charge in [-0.15, -0.1) is 0 Å². The quantitative estimate of drug-likeness (QED) is 0.735. The van der Waals surface area contributed by atoms with E-state index in [1.807, 2.05) is 30.3 Å². The second kappa shape index (κ2) is 5.80. The first-order valence-corrected chi connectivity index (χ1v) is 7.41. The number of hydrogen-bond donors (Lipinski definition) is 1. The molecule has 3 rings (SSSR count). The molecule has 4 nitrogen and oxygen atoms in total. The molecule has 118 valence electrons. The fourth-order valence-corrected chi connectivity index (χ4v) is 3.07. The summed E-state index contributed by atoms with van der Waals surface area (Å²) < 4.78 is 11.1. The summed E-state index contributed by atoms with van der Waals surface area (Å²) in [4.78, 5) is 11.5. The molecule has 0 aliphatic heterocycles. The van der Waals surface area contributed by atoms with Crippen molar-refractivity contribution in [2.75, 3.05) is 19.5 Å². The maximum Gasteiger partial charge on any atom is 0.221 e. The lowest BCUT2D eigenvalue weighted by atomic mass is 9.95. The molecule has 0 aromatic heterocycles. The first-order valence-electron chi connectivity index (χ1n) is 7.41. The van der Waals surface area contributed by atoms with Crippen LogP contribution >= 0.6 is 0 Å². The van der Waals surface area contributed by atoms with Crippen LogP contribution in [0.3, 0.4) is 0 Å². The number of methoxy groups -OCH3 is 2. The van der Waals surface area contributed by atoms with Crippen molar-refractivity contribution in [3.8, 4) is 11.5 Å². The van der Waals surface area contributed by atoms with E-state index < -0.39 is 0 Å². The van der Waals surface area contributed by atoms with E-state index in [-0.39, 0.29) is 5.91 Å². The van der Waals surface area contributed by atoms with Gasteiger partial charge in [-0.3, -0.25) is 4.79 Å². The molecule has 3 aromatic carbocycles. The van der Waals surface area contributed by atoms with Crippen molar-refractivity contribution >= 4 is 33.1 Å². The largest absolute Gasteiger partial charge is 0.493 e. The Labute approximate surface area is 135 Å². The van der Waals surface area contributed by atoms with Crippen LogP contribution in [0.1, 0.15) is 12.5 Å². The minimum atomic E-state index is -0.0902. The molecular weight excluding hydrogens is 290 g/mol. The molecular formula is C19H19NO3. The van der Waals surface area contributed by atoms with Crippen molar-refractivity contribution in [1.82, 2.24) is 0 Å².